The van der Waals surface area contributed by atoms with Gasteiger partial charge < -0.3 is 9.64 Å². The third kappa shape index (κ3) is 6.27. The fourth-order valence-corrected chi connectivity index (χ4v) is 5.99. The molecule has 1 spiro atoms. The normalized spacial score (nSPS) is 21.6. The zero-order chi connectivity index (χ0) is 24.1. The minimum absolute atomic E-state index is 0.0997. The van der Waals surface area contributed by atoms with E-state index in [0.29, 0.717) is 11.1 Å². The van der Waals surface area contributed by atoms with E-state index in [0.717, 1.165) is 76.7 Å². The van der Waals surface area contributed by atoms with Gasteiger partial charge >= 0.3 is 0 Å². The van der Waals surface area contributed by atoms with Crippen LogP contribution in [0.3, 0.4) is 0 Å². The second-order valence-corrected chi connectivity index (χ2v) is 11.1. The number of para-hydroxylation sites is 1. The van der Waals surface area contributed by atoms with Gasteiger partial charge in [0.15, 0.2) is 0 Å². The summed E-state index contributed by atoms with van der Waals surface area (Å²) in [6.45, 7) is 8.77. The third-order valence-electron chi connectivity index (χ3n) is 8.24. The number of amides is 1. The van der Waals surface area contributed by atoms with Crippen LogP contribution in [0, 0.1) is 11.3 Å². The Morgan fingerprint density at radius 3 is 2.71 bits per heavy atom. The van der Waals surface area contributed by atoms with E-state index in [-0.39, 0.29) is 5.91 Å². The predicted octanol–water partition coefficient (Wildman–Crippen LogP) is 5.03. The van der Waals surface area contributed by atoms with E-state index in [9.17, 15) is 4.79 Å². The summed E-state index contributed by atoms with van der Waals surface area (Å²) >= 11 is 0. The van der Waals surface area contributed by atoms with Crippen LogP contribution in [0.1, 0.15) is 74.3 Å². The molecule has 1 aromatic heterocycles. The monoisotopic (exact) mass is 478 g/mol. The quantitative estimate of drug-likeness (QED) is 0.605. The van der Waals surface area contributed by atoms with Crippen LogP contribution in [0.15, 0.2) is 36.5 Å². The highest BCUT2D eigenvalue weighted by molar-refractivity contribution is 5.92. The van der Waals surface area contributed by atoms with Gasteiger partial charge in [0.25, 0.3) is 5.91 Å². The van der Waals surface area contributed by atoms with E-state index < -0.39 is 0 Å². The van der Waals surface area contributed by atoms with Gasteiger partial charge in [-0.05, 0) is 80.4 Å². The van der Waals surface area contributed by atoms with Gasteiger partial charge in [0.2, 0.25) is 0 Å². The number of likely N-dealkylation sites (tertiary alicyclic amines) is 1. The molecule has 0 bridgehead atoms. The molecule has 5 rings (SSSR count). The smallest absolute Gasteiger partial charge is 0.274 e. The molecule has 2 fully saturated rings. The van der Waals surface area contributed by atoms with Crippen molar-refractivity contribution in [1.82, 2.24) is 19.6 Å². The van der Waals surface area contributed by atoms with Crippen LogP contribution in [-0.2, 0) is 13.0 Å². The van der Waals surface area contributed by atoms with Gasteiger partial charge in [0, 0.05) is 45.5 Å². The van der Waals surface area contributed by atoms with E-state index >= 15 is 0 Å². The SMILES string of the molecule is CCCn1ccc(C(=O)N2CCC3(CCCCc4ccccc4OCCN(CC4CC4)C3)CC2)n1. The van der Waals surface area contributed by atoms with E-state index in [2.05, 4.69) is 41.2 Å². The van der Waals surface area contributed by atoms with Gasteiger partial charge in [0.1, 0.15) is 18.1 Å². The average Bonchev–Trinajstić information content (AvgIpc) is 3.56. The predicted molar refractivity (Wildman–Crippen MR) is 139 cm³/mol. The Kier molecular flexibility index (Phi) is 7.76. The summed E-state index contributed by atoms with van der Waals surface area (Å²) in [4.78, 5) is 17.9. The Morgan fingerprint density at radius 2 is 1.91 bits per heavy atom. The van der Waals surface area contributed by atoms with Crippen LogP contribution in [0.5, 0.6) is 5.75 Å². The Morgan fingerprint density at radius 1 is 1.09 bits per heavy atom. The Balaban J connectivity index is 1.26. The number of hydrogen-bond acceptors (Lipinski definition) is 4. The summed E-state index contributed by atoms with van der Waals surface area (Å²) < 4.78 is 8.17. The molecular formula is C29H42N4O2. The van der Waals surface area contributed by atoms with Gasteiger partial charge in [-0.15, -0.1) is 0 Å². The minimum Gasteiger partial charge on any atom is -0.492 e. The standard InChI is InChI=1S/C29H42N4O2/c1-2-16-33-17-12-26(30-33)28(34)32-18-14-29(15-19-32)13-6-5-8-25-7-3-4-9-27(25)35-21-20-31(23-29)22-24-10-11-24/h3-4,7,9,12,17,24H,2,5-6,8,10-11,13-16,18-23H2,1H3. The molecule has 6 nitrogen and oxygen atoms in total. The number of piperidine rings is 1. The Bertz CT molecular complexity index is 975. The first-order chi connectivity index (χ1) is 17.1. The lowest BCUT2D eigenvalue weighted by molar-refractivity contribution is 0.0364. The molecule has 190 valence electrons. The van der Waals surface area contributed by atoms with Crippen molar-refractivity contribution < 1.29 is 9.53 Å². The number of carbonyl (C=O) groups is 1. The molecule has 0 atom stereocenters. The van der Waals surface area contributed by atoms with Gasteiger partial charge in [-0.25, -0.2) is 0 Å². The number of aryl methyl sites for hydroxylation is 2. The van der Waals surface area contributed by atoms with Crippen LogP contribution < -0.4 is 4.74 Å². The molecule has 1 aliphatic carbocycles. The molecule has 1 amide bonds. The number of aromatic nitrogens is 2. The van der Waals surface area contributed by atoms with Crippen molar-refractivity contribution in [2.75, 3.05) is 39.3 Å². The molecular weight excluding hydrogens is 436 g/mol. The number of carbonyl (C=O) groups excluding carboxylic acids is 1. The first-order valence-electron chi connectivity index (χ1n) is 13.9. The van der Waals surface area contributed by atoms with Crippen molar-refractivity contribution in [3.63, 3.8) is 0 Å². The van der Waals surface area contributed by atoms with E-state index in [1.807, 2.05) is 21.8 Å². The van der Waals surface area contributed by atoms with Crippen LogP contribution in [0.4, 0.5) is 0 Å². The van der Waals surface area contributed by atoms with Gasteiger partial charge in [-0.2, -0.15) is 5.10 Å². The average molecular weight is 479 g/mol. The summed E-state index contributed by atoms with van der Waals surface area (Å²) in [5.74, 6) is 2.04. The Labute approximate surface area is 210 Å². The van der Waals surface area contributed by atoms with Gasteiger partial charge in [-0.3, -0.25) is 14.4 Å². The van der Waals surface area contributed by atoms with Crippen LogP contribution in [0.2, 0.25) is 0 Å². The largest absolute Gasteiger partial charge is 0.492 e. The summed E-state index contributed by atoms with van der Waals surface area (Å²) in [5.41, 5.74) is 2.24. The highest BCUT2D eigenvalue weighted by Crippen LogP contribution is 2.40. The lowest BCUT2D eigenvalue weighted by atomic mass is 9.73. The summed E-state index contributed by atoms with van der Waals surface area (Å²) in [6, 6.07) is 10.5. The zero-order valence-corrected chi connectivity index (χ0v) is 21.5. The minimum atomic E-state index is 0.0997. The number of hydrogen-bond donors (Lipinski definition) is 0. The van der Waals surface area contributed by atoms with Crippen LogP contribution >= 0.6 is 0 Å². The first kappa shape index (κ1) is 24.4. The van der Waals surface area contributed by atoms with Gasteiger partial charge in [-0.1, -0.05) is 31.5 Å². The first-order valence-corrected chi connectivity index (χ1v) is 13.9. The number of ether oxygens (including phenoxy) is 1. The van der Waals surface area contributed by atoms with Crippen molar-refractivity contribution in [2.45, 2.75) is 71.3 Å². The van der Waals surface area contributed by atoms with Crippen LogP contribution in [-0.4, -0.2) is 64.8 Å². The summed E-state index contributed by atoms with van der Waals surface area (Å²) in [6.07, 6.45) is 12.7. The van der Waals surface area contributed by atoms with E-state index in [1.165, 1.54) is 44.2 Å². The fraction of sp³-hybridized carbons (Fsp3) is 0.655. The maximum atomic E-state index is 13.2. The topological polar surface area (TPSA) is 50.6 Å². The second kappa shape index (κ2) is 11.2. The fourth-order valence-electron chi connectivity index (χ4n) is 5.99. The maximum Gasteiger partial charge on any atom is 0.274 e. The highest BCUT2D eigenvalue weighted by atomic mass is 16.5. The van der Waals surface area contributed by atoms with Crippen molar-refractivity contribution in [2.24, 2.45) is 11.3 Å². The maximum absolute atomic E-state index is 13.2. The molecule has 2 aliphatic heterocycles. The van der Waals surface area contributed by atoms with Crippen molar-refractivity contribution in [3.05, 3.63) is 47.8 Å². The molecule has 0 unspecified atom stereocenters. The molecule has 6 heteroatoms. The molecule has 0 N–H and O–H groups in total. The lowest BCUT2D eigenvalue weighted by Crippen LogP contribution is -2.49. The molecule has 1 saturated carbocycles. The van der Waals surface area contributed by atoms with Crippen molar-refractivity contribution in [3.8, 4) is 5.75 Å². The van der Waals surface area contributed by atoms with E-state index in [4.69, 9.17) is 4.74 Å². The second-order valence-electron chi connectivity index (χ2n) is 11.1. The number of rotatable bonds is 5. The molecule has 3 aliphatic rings. The van der Waals surface area contributed by atoms with Crippen molar-refractivity contribution >= 4 is 5.91 Å². The third-order valence-corrected chi connectivity index (χ3v) is 8.24. The summed E-state index contributed by atoms with van der Waals surface area (Å²) in [5, 5.41) is 4.52. The lowest BCUT2D eigenvalue weighted by Gasteiger charge is -2.45. The zero-order valence-electron chi connectivity index (χ0n) is 21.5. The van der Waals surface area contributed by atoms with Gasteiger partial charge in [0.05, 0.1) is 0 Å². The molecule has 1 aromatic carbocycles. The number of fused-ring (bicyclic) bond motifs is 1. The molecule has 3 heterocycles. The molecule has 0 radical (unpaired) electrons. The van der Waals surface area contributed by atoms with E-state index in [1.54, 1.807) is 0 Å². The molecule has 2 aromatic rings. The van der Waals surface area contributed by atoms with Crippen LogP contribution in [0.25, 0.3) is 0 Å². The number of benzene rings is 1. The molecule has 1 saturated heterocycles. The molecule has 35 heavy (non-hydrogen) atoms. The summed E-state index contributed by atoms with van der Waals surface area (Å²) in [7, 11) is 0. The number of nitrogens with zero attached hydrogens (tertiary/aromatic N) is 4. The Hall–Kier alpha value is -2.34. The highest BCUT2D eigenvalue weighted by Gasteiger charge is 2.38. The van der Waals surface area contributed by atoms with Crippen molar-refractivity contribution in [1.29, 1.82) is 0 Å².